The number of methoxy groups -OCH3 is 1. The summed E-state index contributed by atoms with van der Waals surface area (Å²) in [6, 6.07) is 8.95. The smallest absolute Gasteiger partial charge is 0.338 e. The number of carbonyl (C=O) groups is 2. The number of ether oxygens (including phenoxy) is 4. The molecule has 1 saturated carbocycles. The number of aliphatic hydroxyl groups excluding tert-OH is 1. The molecule has 7 heteroatoms. The van der Waals surface area contributed by atoms with Crippen LogP contribution in [-0.2, 0) is 23.7 Å². The van der Waals surface area contributed by atoms with E-state index >= 15 is 0 Å². The summed E-state index contributed by atoms with van der Waals surface area (Å²) in [6.07, 6.45) is 9.21. The quantitative estimate of drug-likeness (QED) is 0.303. The molecule has 5 atom stereocenters. The minimum Gasteiger partial charge on any atom is -0.469 e. The van der Waals surface area contributed by atoms with E-state index in [4.69, 9.17) is 14.2 Å². The molecule has 1 aliphatic carbocycles. The van der Waals surface area contributed by atoms with Crippen molar-refractivity contribution in [2.75, 3.05) is 20.3 Å². The van der Waals surface area contributed by atoms with E-state index in [0.29, 0.717) is 37.9 Å². The molecular formula is C26H36O7. The first-order valence-electron chi connectivity index (χ1n) is 12.0. The number of aliphatic hydroxyl groups is 1. The molecule has 0 radical (unpaired) electrons. The van der Waals surface area contributed by atoms with Gasteiger partial charge in [0.05, 0.1) is 18.8 Å². The highest BCUT2D eigenvalue weighted by Crippen LogP contribution is 2.40. The van der Waals surface area contributed by atoms with Crippen LogP contribution >= 0.6 is 0 Å². The van der Waals surface area contributed by atoms with Crippen LogP contribution in [0.5, 0.6) is 0 Å². The minimum absolute atomic E-state index is 0.0440. The Hall–Kier alpha value is -2.22. The van der Waals surface area contributed by atoms with Crippen LogP contribution in [0.1, 0.15) is 61.7 Å². The highest BCUT2D eigenvalue weighted by atomic mass is 16.7. The van der Waals surface area contributed by atoms with Crippen LogP contribution in [0.15, 0.2) is 42.5 Å². The molecular weight excluding hydrogens is 424 g/mol. The van der Waals surface area contributed by atoms with E-state index in [0.717, 1.165) is 25.7 Å². The van der Waals surface area contributed by atoms with Gasteiger partial charge < -0.3 is 24.1 Å². The SMILES string of the molecule is COC(=O)CCC/C=C\C[C@H]1[C@H](CO)[C@H](OC2CCCCO2)C[C@H]1OC(=O)c1ccccc1. The van der Waals surface area contributed by atoms with Gasteiger partial charge in [-0.25, -0.2) is 4.79 Å². The molecule has 1 aromatic rings. The Morgan fingerprint density at radius 1 is 1.12 bits per heavy atom. The largest absolute Gasteiger partial charge is 0.469 e. The molecule has 182 valence electrons. The molecule has 1 N–H and O–H groups in total. The lowest BCUT2D eigenvalue weighted by Gasteiger charge is -2.29. The van der Waals surface area contributed by atoms with Gasteiger partial charge in [-0.1, -0.05) is 30.4 Å². The summed E-state index contributed by atoms with van der Waals surface area (Å²) in [6.45, 7) is 0.642. The van der Waals surface area contributed by atoms with E-state index in [1.165, 1.54) is 7.11 Å². The van der Waals surface area contributed by atoms with Crippen LogP contribution in [0.25, 0.3) is 0 Å². The van der Waals surface area contributed by atoms with E-state index in [-0.39, 0.29) is 48.9 Å². The van der Waals surface area contributed by atoms with Crippen molar-refractivity contribution in [3.63, 3.8) is 0 Å². The third kappa shape index (κ3) is 7.66. The molecule has 1 aliphatic heterocycles. The zero-order valence-electron chi connectivity index (χ0n) is 19.4. The average Bonchev–Trinajstić information content (AvgIpc) is 3.17. The van der Waals surface area contributed by atoms with Gasteiger partial charge in [0.1, 0.15) is 6.10 Å². The summed E-state index contributed by atoms with van der Waals surface area (Å²) in [4.78, 5) is 24.0. The van der Waals surface area contributed by atoms with Crippen molar-refractivity contribution in [1.82, 2.24) is 0 Å². The van der Waals surface area contributed by atoms with Crippen LogP contribution < -0.4 is 0 Å². The molecule has 3 rings (SSSR count). The standard InChI is InChI=1S/C26H36O7/c1-30-24(28)14-8-3-2-7-13-20-21(18-27)23(32-25-15-9-10-16-31-25)17-22(20)33-26(29)19-11-5-4-6-12-19/h2,4-7,11-12,20-23,25,27H,3,8-10,13-18H2,1H3/b7-2-/t20-,21-,22+,23+,25?/m0/s1. The third-order valence-corrected chi connectivity index (χ3v) is 6.47. The van der Waals surface area contributed by atoms with E-state index < -0.39 is 0 Å². The second kappa shape index (κ2) is 13.5. The van der Waals surface area contributed by atoms with Gasteiger partial charge in [-0.05, 0) is 50.7 Å². The number of esters is 2. The summed E-state index contributed by atoms with van der Waals surface area (Å²) >= 11 is 0. The van der Waals surface area contributed by atoms with Crippen molar-refractivity contribution in [3.05, 3.63) is 48.0 Å². The first kappa shape index (κ1) is 25.4. The predicted octanol–water partition coefficient (Wildman–Crippen LogP) is 4.04. The fraction of sp³-hybridized carbons (Fsp3) is 0.615. The Morgan fingerprint density at radius 3 is 2.64 bits per heavy atom. The topological polar surface area (TPSA) is 91.3 Å². The normalized spacial score (nSPS) is 27.5. The molecule has 1 heterocycles. The van der Waals surface area contributed by atoms with Crippen LogP contribution in [0.3, 0.4) is 0 Å². The number of hydrogen-bond donors (Lipinski definition) is 1. The fourth-order valence-electron chi connectivity index (χ4n) is 4.63. The summed E-state index contributed by atoms with van der Waals surface area (Å²) in [7, 11) is 1.39. The molecule has 0 aromatic heterocycles. The van der Waals surface area contributed by atoms with E-state index in [2.05, 4.69) is 4.74 Å². The Morgan fingerprint density at radius 2 is 1.94 bits per heavy atom. The lowest BCUT2D eigenvalue weighted by atomic mass is 9.90. The second-order valence-electron chi connectivity index (χ2n) is 8.70. The molecule has 1 aromatic carbocycles. The summed E-state index contributed by atoms with van der Waals surface area (Å²) in [5, 5.41) is 10.2. The Labute approximate surface area is 196 Å². The summed E-state index contributed by atoms with van der Waals surface area (Å²) in [5.74, 6) is -0.784. The highest BCUT2D eigenvalue weighted by molar-refractivity contribution is 5.89. The first-order chi connectivity index (χ1) is 16.1. The Kier molecular flexibility index (Phi) is 10.4. The van der Waals surface area contributed by atoms with Gasteiger partial charge in [0.25, 0.3) is 0 Å². The predicted molar refractivity (Wildman–Crippen MR) is 122 cm³/mol. The van der Waals surface area contributed by atoms with Gasteiger partial charge in [-0.2, -0.15) is 0 Å². The molecule has 2 aliphatic rings. The maximum absolute atomic E-state index is 12.7. The molecule has 0 bridgehead atoms. The number of hydrogen-bond acceptors (Lipinski definition) is 7. The zero-order valence-corrected chi connectivity index (χ0v) is 19.4. The maximum atomic E-state index is 12.7. The van der Waals surface area contributed by atoms with Gasteiger partial charge in [-0.15, -0.1) is 0 Å². The lowest BCUT2D eigenvalue weighted by Crippen LogP contribution is -2.33. The molecule has 0 amide bonds. The number of unbranched alkanes of at least 4 members (excludes halogenated alkanes) is 1. The Balaban J connectivity index is 1.64. The lowest BCUT2D eigenvalue weighted by molar-refractivity contribution is -0.198. The minimum atomic E-state index is -0.362. The van der Waals surface area contributed by atoms with Gasteiger partial charge in [0, 0.05) is 37.9 Å². The fourth-order valence-corrected chi connectivity index (χ4v) is 4.63. The molecule has 33 heavy (non-hydrogen) atoms. The molecule has 0 spiro atoms. The second-order valence-corrected chi connectivity index (χ2v) is 8.70. The van der Waals surface area contributed by atoms with Crippen LogP contribution in [0, 0.1) is 11.8 Å². The van der Waals surface area contributed by atoms with Gasteiger partial charge in [0.2, 0.25) is 0 Å². The van der Waals surface area contributed by atoms with Crippen molar-refractivity contribution in [1.29, 1.82) is 0 Å². The van der Waals surface area contributed by atoms with Gasteiger partial charge in [-0.3, -0.25) is 4.79 Å². The molecule has 1 unspecified atom stereocenters. The van der Waals surface area contributed by atoms with E-state index in [9.17, 15) is 14.7 Å². The maximum Gasteiger partial charge on any atom is 0.338 e. The molecule has 1 saturated heterocycles. The van der Waals surface area contributed by atoms with Crippen molar-refractivity contribution < 1.29 is 33.6 Å². The van der Waals surface area contributed by atoms with Crippen molar-refractivity contribution in [2.45, 2.75) is 69.9 Å². The summed E-state index contributed by atoms with van der Waals surface area (Å²) < 4.78 is 22.6. The van der Waals surface area contributed by atoms with Crippen molar-refractivity contribution >= 4 is 11.9 Å². The van der Waals surface area contributed by atoms with Gasteiger partial charge in [0.15, 0.2) is 6.29 Å². The van der Waals surface area contributed by atoms with E-state index in [1.807, 2.05) is 30.4 Å². The highest BCUT2D eigenvalue weighted by Gasteiger charge is 2.46. The third-order valence-electron chi connectivity index (χ3n) is 6.47. The van der Waals surface area contributed by atoms with Crippen molar-refractivity contribution in [3.8, 4) is 0 Å². The zero-order chi connectivity index (χ0) is 23.5. The van der Waals surface area contributed by atoms with Gasteiger partial charge >= 0.3 is 11.9 Å². The number of carbonyl (C=O) groups excluding carboxylic acids is 2. The van der Waals surface area contributed by atoms with Crippen molar-refractivity contribution in [2.24, 2.45) is 11.8 Å². The van der Waals surface area contributed by atoms with Crippen LogP contribution in [-0.4, -0.2) is 55.9 Å². The molecule has 7 nitrogen and oxygen atoms in total. The van der Waals surface area contributed by atoms with Crippen LogP contribution in [0.2, 0.25) is 0 Å². The van der Waals surface area contributed by atoms with E-state index in [1.54, 1.807) is 12.1 Å². The molecule has 2 fully saturated rings. The first-order valence-corrected chi connectivity index (χ1v) is 12.0. The Bertz CT molecular complexity index is 757. The number of benzene rings is 1. The van der Waals surface area contributed by atoms with Crippen LogP contribution in [0.4, 0.5) is 0 Å². The summed E-state index contributed by atoms with van der Waals surface area (Å²) in [5.41, 5.74) is 0.509. The average molecular weight is 461 g/mol. The number of allylic oxidation sites excluding steroid dienone is 2. The number of rotatable bonds is 11. The monoisotopic (exact) mass is 460 g/mol.